The number of halogens is 3. The number of pyridine rings is 1. The van der Waals surface area contributed by atoms with Crippen LogP contribution in [0, 0.1) is 16.0 Å². The largest absolute Gasteiger partial charge is 0.416 e. The summed E-state index contributed by atoms with van der Waals surface area (Å²) in [6, 6.07) is 6.15. The molecule has 154 valence electrons. The number of nitrogens with one attached hydrogen (secondary N) is 1. The molecule has 1 aliphatic heterocycles. The molecular formula is C19H19F3N4O3. The van der Waals surface area contributed by atoms with Gasteiger partial charge in [-0.05, 0) is 36.6 Å². The van der Waals surface area contributed by atoms with Crippen molar-refractivity contribution in [2.45, 2.75) is 25.6 Å². The Morgan fingerprint density at radius 3 is 2.59 bits per heavy atom. The van der Waals surface area contributed by atoms with Crippen LogP contribution in [0.4, 0.5) is 24.5 Å². The zero-order valence-electron chi connectivity index (χ0n) is 15.4. The minimum atomic E-state index is -4.65. The molecule has 0 radical (unpaired) electrons. The first-order valence-electron chi connectivity index (χ1n) is 9.03. The standard InChI is InChI=1S/C19H19F3N4O3/c20-19(21,22)15-3-4-16(17(10-15)26(28)29)25-8-5-14(6-9-25)18(27)24-12-13-2-1-7-23-11-13/h1-4,7,10-11,14H,5-6,8-9,12H2,(H,24,27). The van der Waals surface area contributed by atoms with E-state index in [1.807, 2.05) is 6.07 Å². The molecule has 0 aliphatic carbocycles. The number of anilines is 1. The van der Waals surface area contributed by atoms with Crippen LogP contribution in [-0.2, 0) is 17.5 Å². The summed E-state index contributed by atoms with van der Waals surface area (Å²) in [5, 5.41) is 14.1. The van der Waals surface area contributed by atoms with Crippen molar-refractivity contribution in [2.24, 2.45) is 5.92 Å². The third-order valence-corrected chi connectivity index (χ3v) is 4.90. The molecule has 1 amide bonds. The molecule has 1 saturated heterocycles. The van der Waals surface area contributed by atoms with Gasteiger partial charge in [-0.15, -0.1) is 0 Å². The fraction of sp³-hybridized carbons (Fsp3) is 0.368. The maximum Gasteiger partial charge on any atom is 0.416 e. The smallest absolute Gasteiger partial charge is 0.366 e. The summed E-state index contributed by atoms with van der Waals surface area (Å²) < 4.78 is 38.6. The second kappa shape index (κ2) is 8.46. The summed E-state index contributed by atoms with van der Waals surface area (Å²) in [6.45, 7) is 1.05. The van der Waals surface area contributed by atoms with Crippen LogP contribution < -0.4 is 10.2 Å². The van der Waals surface area contributed by atoms with E-state index in [1.54, 1.807) is 23.4 Å². The average Bonchev–Trinajstić information content (AvgIpc) is 2.71. The van der Waals surface area contributed by atoms with Crippen LogP contribution in [0.5, 0.6) is 0 Å². The summed E-state index contributed by atoms with van der Waals surface area (Å²) in [6.07, 6.45) is -0.440. The van der Waals surface area contributed by atoms with Gasteiger partial charge in [-0.25, -0.2) is 0 Å². The average molecular weight is 408 g/mol. The normalized spacial score (nSPS) is 15.2. The van der Waals surface area contributed by atoms with Gasteiger partial charge in [0.2, 0.25) is 5.91 Å². The fourth-order valence-electron chi connectivity index (χ4n) is 3.33. The first-order valence-corrected chi connectivity index (χ1v) is 9.03. The monoisotopic (exact) mass is 408 g/mol. The van der Waals surface area contributed by atoms with Gasteiger partial charge in [0.05, 0.1) is 10.5 Å². The number of hydrogen-bond acceptors (Lipinski definition) is 5. The topological polar surface area (TPSA) is 88.4 Å². The quantitative estimate of drug-likeness (QED) is 0.604. The van der Waals surface area contributed by atoms with Crippen molar-refractivity contribution < 1.29 is 22.9 Å². The van der Waals surface area contributed by atoms with Crippen LogP contribution >= 0.6 is 0 Å². The lowest BCUT2D eigenvalue weighted by atomic mass is 9.95. The number of alkyl halides is 3. The number of hydrogen-bond donors (Lipinski definition) is 1. The van der Waals surface area contributed by atoms with E-state index in [1.165, 1.54) is 0 Å². The van der Waals surface area contributed by atoms with Gasteiger partial charge in [-0.2, -0.15) is 13.2 Å². The summed E-state index contributed by atoms with van der Waals surface area (Å²) in [4.78, 5) is 28.5. The van der Waals surface area contributed by atoms with Crippen molar-refractivity contribution in [3.8, 4) is 0 Å². The third-order valence-electron chi connectivity index (χ3n) is 4.90. The summed E-state index contributed by atoms with van der Waals surface area (Å²) in [7, 11) is 0. The predicted octanol–water partition coefficient (Wildman–Crippen LogP) is 3.54. The highest BCUT2D eigenvalue weighted by Crippen LogP contribution is 2.37. The highest BCUT2D eigenvalue weighted by Gasteiger charge is 2.34. The second-order valence-corrected chi connectivity index (χ2v) is 6.80. The number of nitro groups is 1. The Morgan fingerprint density at radius 2 is 2.00 bits per heavy atom. The van der Waals surface area contributed by atoms with Crippen molar-refractivity contribution >= 4 is 17.3 Å². The number of amides is 1. The van der Waals surface area contributed by atoms with Gasteiger partial charge in [-0.1, -0.05) is 6.07 Å². The van der Waals surface area contributed by atoms with E-state index in [2.05, 4.69) is 10.3 Å². The summed E-state index contributed by atoms with van der Waals surface area (Å²) in [5.41, 5.74) is -0.632. The van der Waals surface area contributed by atoms with Gasteiger partial charge >= 0.3 is 6.18 Å². The van der Waals surface area contributed by atoms with Crippen LogP contribution in [0.15, 0.2) is 42.7 Å². The Balaban J connectivity index is 1.63. The van der Waals surface area contributed by atoms with Crippen molar-refractivity contribution in [2.75, 3.05) is 18.0 Å². The molecule has 0 spiro atoms. The molecule has 0 atom stereocenters. The maximum atomic E-state index is 12.9. The molecule has 0 unspecified atom stereocenters. The first-order chi connectivity index (χ1) is 13.8. The van der Waals surface area contributed by atoms with E-state index in [0.29, 0.717) is 38.5 Å². The summed E-state index contributed by atoms with van der Waals surface area (Å²) in [5.74, 6) is -0.369. The van der Waals surface area contributed by atoms with Crippen LogP contribution in [0.25, 0.3) is 0 Å². The maximum absolute atomic E-state index is 12.9. The number of carbonyl (C=O) groups is 1. The minimum Gasteiger partial charge on any atom is -0.366 e. The third kappa shape index (κ3) is 5.01. The first kappa shape index (κ1) is 20.6. The van der Waals surface area contributed by atoms with Gasteiger partial charge in [0, 0.05) is 44.0 Å². The molecule has 10 heteroatoms. The lowest BCUT2D eigenvalue weighted by Crippen LogP contribution is -2.40. The number of benzene rings is 1. The van der Waals surface area contributed by atoms with Gasteiger partial charge in [0.1, 0.15) is 5.69 Å². The molecule has 2 heterocycles. The molecular weight excluding hydrogens is 389 g/mol. The zero-order chi connectivity index (χ0) is 21.0. The Kier molecular flexibility index (Phi) is 6.00. The van der Waals surface area contributed by atoms with Crippen molar-refractivity contribution in [3.63, 3.8) is 0 Å². The van der Waals surface area contributed by atoms with Gasteiger partial charge < -0.3 is 10.2 Å². The van der Waals surface area contributed by atoms with E-state index in [0.717, 1.165) is 17.7 Å². The van der Waals surface area contributed by atoms with E-state index >= 15 is 0 Å². The predicted molar refractivity (Wildman–Crippen MR) is 99.1 cm³/mol. The minimum absolute atomic E-state index is 0.115. The Morgan fingerprint density at radius 1 is 1.28 bits per heavy atom. The lowest BCUT2D eigenvalue weighted by Gasteiger charge is -2.32. The number of nitrogens with zero attached hydrogens (tertiary/aromatic N) is 3. The number of aromatic nitrogens is 1. The number of carbonyl (C=O) groups excluding carboxylic acids is 1. The Bertz CT molecular complexity index is 882. The highest BCUT2D eigenvalue weighted by atomic mass is 19.4. The van der Waals surface area contributed by atoms with Crippen LogP contribution in [0.1, 0.15) is 24.0 Å². The van der Waals surface area contributed by atoms with Gasteiger partial charge in [-0.3, -0.25) is 19.9 Å². The van der Waals surface area contributed by atoms with E-state index in [4.69, 9.17) is 0 Å². The zero-order valence-corrected chi connectivity index (χ0v) is 15.4. The van der Waals surface area contributed by atoms with E-state index in [9.17, 15) is 28.1 Å². The van der Waals surface area contributed by atoms with Gasteiger partial charge in [0.15, 0.2) is 0 Å². The number of nitro benzene ring substituents is 1. The summed E-state index contributed by atoms with van der Waals surface area (Å²) >= 11 is 0. The SMILES string of the molecule is O=C(NCc1cccnc1)C1CCN(c2ccc(C(F)(F)F)cc2[N+](=O)[O-])CC1. The van der Waals surface area contributed by atoms with Crippen molar-refractivity contribution in [1.29, 1.82) is 0 Å². The fourth-order valence-corrected chi connectivity index (χ4v) is 3.33. The molecule has 1 N–H and O–H groups in total. The molecule has 2 aromatic rings. The van der Waals surface area contributed by atoms with Crippen LogP contribution in [0.2, 0.25) is 0 Å². The van der Waals surface area contributed by atoms with E-state index < -0.39 is 22.4 Å². The Hall–Kier alpha value is -3.17. The number of rotatable bonds is 5. The molecule has 3 rings (SSSR count). The molecule has 29 heavy (non-hydrogen) atoms. The van der Waals surface area contributed by atoms with Crippen LogP contribution in [-0.4, -0.2) is 28.9 Å². The lowest BCUT2D eigenvalue weighted by molar-refractivity contribution is -0.384. The van der Waals surface area contributed by atoms with Crippen LogP contribution in [0.3, 0.4) is 0 Å². The molecule has 7 nitrogen and oxygen atoms in total. The second-order valence-electron chi connectivity index (χ2n) is 6.80. The van der Waals surface area contributed by atoms with Crippen molar-refractivity contribution in [1.82, 2.24) is 10.3 Å². The van der Waals surface area contributed by atoms with Crippen molar-refractivity contribution in [3.05, 3.63) is 64.0 Å². The molecule has 0 bridgehead atoms. The van der Waals surface area contributed by atoms with E-state index in [-0.39, 0.29) is 17.5 Å². The number of piperidine rings is 1. The molecule has 1 aliphatic rings. The molecule has 1 fully saturated rings. The molecule has 1 aromatic carbocycles. The Labute approximate surface area is 164 Å². The van der Waals surface area contributed by atoms with Gasteiger partial charge in [0.25, 0.3) is 5.69 Å². The highest BCUT2D eigenvalue weighted by molar-refractivity contribution is 5.79. The molecule has 0 saturated carbocycles. The molecule has 1 aromatic heterocycles.